The van der Waals surface area contributed by atoms with Gasteiger partial charge in [-0.15, -0.1) is 0 Å². The van der Waals surface area contributed by atoms with Gasteiger partial charge in [0.1, 0.15) is 11.4 Å². The van der Waals surface area contributed by atoms with Crippen molar-refractivity contribution in [3.63, 3.8) is 0 Å². The van der Waals surface area contributed by atoms with Crippen LogP contribution in [0.5, 0.6) is 0 Å². The Kier molecular flexibility index (Phi) is 4.35. The van der Waals surface area contributed by atoms with E-state index in [9.17, 15) is 4.39 Å². The van der Waals surface area contributed by atoms with Crippen molar-refractivity contribution in [1.82, 2.24) is 4.90 Å². The zero-order valence-electron chi connectivity index (χ0n) is 12.5. The molecule has 0 saturated carbocycles. The van der Waals surface area contributed by atoms with Gasteiger partial charge in [0.15, 0.2) is 0 Å². The fraction of sp³-hybridized carbons (Fsp3) is 0.158. The Morgan fingerprint density at radius 2 is 1.91 bits per heavy atom. The fourth-order valence-corrected chi connectivity index (χ4v) is 2.48. The fourth-order valence-electron chi connectivity index (χ4n) is 2.48. The van der Waals surface area contributed by atoms with Crippen LogP contribution >= 0.6 is 0 Å². The Hall–Kier alpha value is -2.39. The molecule has 0 radical (unpaired) electrons. The smallest absolute Gasteiger partial charge is 0.138 e. The zero-order valence-corrected chi connectivity index (χ0v) is 12.5. The first kappa shape index (κ1) is 14.5. The SMILES string of the molecule is CN(C/C=C/c1ccc(F)cc1)Cc1cccc2ccoc12. The van der Waals surface area contributed by atoms with Crippen molar-refractivity contribution in [2.24, 2.45) is 0 Å². The number of para-hydroxylation sites is 1. The lowest BCUT2D eigenvalue weighted by molar-refractivity contribution is 0.363. The van der Waals surface area contributed by atoms with Gasteiger partial charge in [0.2, 0.25) is 0 Å². The van der Waals surface area contributed by atoms with E-state index in [4.69, 9.17) is 4.42 Å². The number of hydrogen-bond acceptors (Lipinski definition) is 2. The summed E-state index contributed by atoms with van der Waals surface area (Å²) >= 11 is 0. The van der Waals surface area contributed by atoms with E-state index in [0.717, 1.165) is 29.6 Å². The van der Waals surface area contributed by atoms with Gasteiger partial charge in [-0.1, -0.05) is 42.5 Å². The number of furan rings is 1. The van der Waals surface area contributed by atoms with E-state index >= 15 is 0 Å². The first-order valence-corrected chi connectivity index (χ1v) is 7.28. The van der Waals surface area contributed by atoms with E-state index in [1.54, 1.807) is 18.4 Å². The molecule has 1 aromatic heterocycles. The Labute approximate surface area is 129 Å². The number of halogens is 1. The summed E-state index contributed by atoms with van der Waals surface area (Å²) in [6, 6.07) is 14.7. The van der Waals surface area contributed by atoms with Gasteiger partial charge in [-0.3, -0.25) is 4.90 Å². The van der Waals surface area contributed by atoms with E-state index < -0.39 is 0 Å². The molecule has 2 nitrogen and oxygen atoms in total. The van der Waals surface area contributed by atoms with Crippen LogP contribution in [0, 0.1) is 5.82 Å². The highest BCUT2D eigenvalue weighted by Crippen LogP contribution is 2.20. The van der Waals surface area contributed by atoms with Gasteiger partial charge in [0, 0.05) is 24.0 Å². The second kappa shape index (κ2) is 6.58. The van der Waals surface area contributed by atoms with Gasteiger partial charge in [-0.2, -0.15) is 0 Å². The first-order chi connectivity index (χ1) is 10.7. The molecule has 3 aromatic rings. The van der Waals surface area contributed by atoms with Gasteiger partial charge in [-0.25, -0.2) is 4.39 Å². The third-order valence-electron chi connectivity index (χ3n) is 3.60. The molecule has 1 heterocycles. The number of benzene rings is 2. The lowest BCUT2D eigenvalue weighted by Crippen LogP contribution is -2.17. The second-order valence-corrected chi connectivity index (χ2v) is 5.41. The van der Waals surface area contributed by atoms with Crippen molar-refractivity contribution in [2.75, 3.05) is 13.6 Å². The summed E-state index contributed by atoms with van der Waals surface area (Å²) in [7, 11) is 2.07. The van der Waals surface area contributed by atoms with Gasteiger partial charge in [0.05, 0.1) is 6.26 Å². The monoisotopic (exact) mass is 295 g/mol. The lowest BCUT2D eigenvalue weighted by Gasteiger charge is -2.14. The topological polar surface area (TPSA) is 16.4 Å². The van der Waals surface area contributed by atoms with E-state index in [1.165, 1.54) is 17.7 Å². The van der Waals surface area contributed by atoms with Crippen LogP contribution < -0.4 is 0 Å². The molecular weight excluding hydrogens is 277 g/mol. The normalized spacial score (nSPS) is 11.8. The highest BCUT2D eigenvalue weighted by molar-refractivity contribution is 5.80. The minimum absolute atomic E-state index is 0.208. The first-order valence-electron chi connectivity index (χ1n) is 7.28. The quantitative estimate of drug-likeness (QED) is 0.677. The molecule has 3 rings (SSSR count). The molecule has 0 spiro atoms. The van der Waals surface area contributed by atoms with Gasteiger partial charge >= 0.3 is 0 Å². The number of hydrogen-bond donors (Lipinski definition) is 0. The molecule has 0 fully saturated rings. The van der Waals surface area contributed by atoms with Crippen molar-refractivity contribution in [3.8, 4) is 0 Å². The molecule has 0 atom stereocenters. The minimum Gasteiger partial charge on any atom is -0.464 e. The zero-order chi connectivity index (χ0) is 15.4. The molecule has 0 aliphatic heterocycles. The number of rotatable bonds is 5. The maximum Gasteiger partial charge on any atom is 0.138 e. The van der Waals surface area contributed by atoms with Crippen molar-refractivity contribution < 1.29 is 8.81 Å². The van der Waals surface area contributed by atoms with Crippen LogP contribution in [0.3, 0.4) is 0 Å². The predicted octanol–water partition coefficient (Wildman–Crippen LogP) is 4.72. The molecule has 3 heteroatoms. The average molecular weight is 295 g/mol. The van der Waals surface area contributed by atoms with Crippen LogP contribution in [-0.4, -0.2) is 18.5 Å². The largest absolute Gasteiger partial charge is 0.464 e. The molecule has 0 N–H and O–H groups in total. The molecule has 22 heavy (non-hydrogen) atoms. The van der Waals surface area contributed by atoms with Crippen molar-refractivity contribution in [1.29, 1.82) is 0 Å². The van der Waals surface area contributed by atoms with Gasteiger partial charge in [-0.05, 0) is 30.8 Å². The van der Waals surface area contributed by atoms with Crippen molar-refractivity contribution >= 4 is 17.0 Å². The van der Waals surface area contributed by atoms with E-state index in [2.05, 4.69) is 36.2 Å². The van der Waals surface area contributed by atoms with Crippen LogP contribution in [0.1, 0.15) is 11.1 Å². The molecule has 0 amide bonds. The molecule has 2 aromatic carbocycles. The Morgan fingerprint density at radius 1 is 1.09 bits per heavy atom. The van der Waals surface area contributed by atoms with Crippen LogP contribution in [0.4, 0.5) is 4.39 Å². The Bertz CT molecular complexity index is 773. The van der Waals surface area contributed by atoms with Crippen molar-refractivity contribution in [2.45, 2.75) is 6.54 Å². The predicted molar refractivity (Wildman–Crippen MR) is 88.0 cm³/mol. The minimum atomic E-state index is -0.208. The third kappa shape index (κ3) is 3.43. The highest BCUT2D eigenvalue weighted by atomic mass is 19.1. The second-order valence-electron chi connectivity index (χ2n) is 5.41. The molecule has 112 valence electrons. The number of nitrogens with zero attached hydrogens (tertiary/aromatic N) is 1. The summed E-state index contributed by atoms with van der Waals surface area (Å²) in [5, 5.41) is 1.13. The van der Waals surface area contributed by atoms with Crippen LogP contribution in [0.25, 0.3) is 17.0 Å². The molecule has 0 aliphatic carbocycles. The third-order valence-corrected chi connectivity index (χ3v) is 3.60. The molecule has 0 unspecified atom stereocenters. The molecule has 0 bridgehead atoms. The molecule has 0 aliphatic rings. The standard InChI is InChI=1S/C19H18FNO/c1-21(12-3-4-15-7-9-18(20)10-8-15)14-17-6-2-5-16-11-13-22-19(16)17/h2-11,13H,12,14H2,1H3/b4-3+. The number of likely N-dealkylation sites (N-methyl/N-ethyl adjacent to an activating group) is 1. The maximum absolute atomic E-state index is 12.8. The van der Waals surface area contributed by atoms with E-state index in [1.807, 2.05) is 12.1 Å². The number of fused-ring (bicyclic) bond motifs is 1. The van der Waals surface area contributed by atoms with Crippen LogP contribution in [0.2, 0.25) is 0 Å². The Morgan fingerprint density at radius 3 is 2.73 bits per heavy atom. The summed E-state index contributed by atoms with van der Waals surface area (Å²) in [5.41, 5.74) is 3.14. The van der Waals surface area contributed by atoms with E-state index in [-0.39, 0.29) is 5.82 Å². The van der Waals surface area contributed by atoms with E-state index in [0.29, 0.717) is 0 Å². The van der Waals surface area contributed by atoms with Gasteiger partial charge < -0.3 is 4.42 Å². The average Bonchev–Trinajstić information content (AvgIpc) is 2.99. The highest BCUT2D eigenvalue weighted by Gasteiger charge is 2.05. The summed E-state index contributed by atoms with van der Waals surface area (Å²) in [6.07, 6.45) is 5.81. The van der Waals surface area contributed by atoms with Crippen LogP contribution in [-0.2, 0) is 6.54 Å². The summed E-state index contributed by atoms with van der Waals surface area (Å²) in [6.45, 7) is 1.63. The molecular formula is C19H18FNO. The lowest BCUT2D eigenvalue weighted by atomic mass is 10.1. The summed E-state index contributed by atoms with van der Waals surface area (Å²) < 4.78 is 18.4. The van der Waals surface area contributed by atoms with Crippen molar-refractivity contribution in [3.05, 3.63) is 77.8 Å². The summed E-state index contributed by atoms with van der Waals surface area (Å²) in [5.74, 6) is -0.208. The van der Waals surface area contributed by atoms with Gasteiger partial charge in [0.25, 0.3) is 0 Å². The Balaban J connectivity index is 1.61. The van der Waals surface area contributed by atoms with Crippen LogP contribution in [0.15, 0.2) is 65.3 Å². The summed E-state index contributed by atoms with van der Waals surface area (Å²) in [4.78, 5) is 2.21. The molecule has 0 saturated heterocycles. The maximum atomic E-state index is 12.8.